The molecule has 1 fully saturated rings. The number of ether oxygens (including phenoxy) is 1. The Morgan fingerprint density at radius 3 is 2.90 bits per heavy atom. The van der Waals surface area contributed by atoms with Gasteiger partial charge in [0.05, 0.1) is 12.6 Å². The van der Waals surface area contributed by atoms with Crippen LogP contribution in [0.15, 0.2) is 12.4 Å². The summed E-state index contributed by atoms with van der Waals surface area (Å²) in [6, 6.07) is -1.26. The lowest BCUT2D eigenvalue weighted by molar-refractivity contribution is -0.141. The Morgan fingerprint density at radius 1 is 1.60 bits per heavy atom. The number of urea groups is 1. The molecule has 0 radical (unpaired) electrons. The fraction of sp³-hybridized carbons (Fsp3) is 0.583. The Morgan fingerprint density at radius 2 is 2.35 bits per heavy atom. The average molecular weight is 282 g/mol. The van der Waals surface area contributed by atoms with Crippen molar-refractivity contribution < 1.29 is 19.4 Å². The van der Waals surface area contributed by atoms with E-state index in [0.717, 1.165) is 0 Å². The Kier molecular flexibility index (Phi) is 4.23. The van der Waals surface area contributed by atoms with Crippen LogP contribution in [0.25, 0.3) is 0 Å². The molecule has 0 saturated carbocycles. The minimum Gasteiger partial charge on any atom is -0.480 e. The van der Waals surface area contributed by atoms with Gasteiger partial charge in [-0.05, 0) is 0 Å². The van der Waals surface area contributed by atoms with Gasteiger partial charge < -0.3 is 24.6 Å². The molecule has 8 heteroatoms. The first-order valence-corrected chi connectivity index (χ1v) is 6.29. The Balaban J connectivity index is 1.97. The second-order valence-corrected chi connectivity index (χ2v) is 4.71. The lowest BCUT2D eigenvalue weighted by Gasteiger charge is -2.21. The lowest BCUT2D eigenvalue weighted by atomic mass is 10.2. The highest BCUT2D eigenvalue weighted by molar-refractivity contribution is 5.83. The highest BCUT2D eigenvalue weighted by Gasteiger charge is 2.39. The number of carboxylic acid groups (broad SMARTS) is 1. The maximum Gasteiger partial charge on any atom is 0.326 e. The predicted octanol–water partition coefficient (Wildman–Crippen LogP) is -0.196. The van der Waals surface area contributed by atoms with E-state index in [1.165, 1.54) is 12.0 Å². The number of methoxy groups -OCH3 is 1. The van der Waals surface area contributed by atoms with Crippen LogP contribution in [0.2, 0.25) is 0 Å². The molecule has 0 bridgehead atoms. The zero-order valence-corrected chi connectivity index (χ0v) is 11.4. The number of imidazole rings is 1. The van der Waals surface area contributed by atoms with E-state index < -0.39 is 18.0 Å². The van der Waals surface area contributed by atoms with Gasteiger partial charge in [-0.3, -0.25) is 0 Å². The number of nitrogens with zero attached hydrogens (tertiary/aromatic N) is 3. The molecule has 20 heavy (non-hydrogen) atoms. The molecule has 110 valence electrons. The average Bonchev–Trinajstić information content (AvgIpc) is 3.02. The third-order valence-corrected chi connectivity index (χ3v) is 3.46. The zero-order chi connectivity index (χ0) is 14.7. The van der Waals surface area contributed by atoms with E-state index in [4.69, 9.17) is 9.84 Å². The fourth-order valence-corrected chi connectivity index (χ4v) is 2.25. The Bertz CT molecular complexity index is 501. The first-order valence-electron chi connectivity index (χ1n) is 6.29. The van der Waals surface area contributed by atoms with Crippen LogP contribution >= 0.6 is 0 Å². The number of hydrogen-bond donors (Lipinski definition) is 2. The van der Waals surface area contributed by atoms with Crippen molar-refractivity contribution in [2.24, 2.45) is 7.05 Å². The number of aryl methyl sites for hydroxylation is 1. The Hall–Kier alpha value is -2.09. The summed E-state index contributed by atoms with van der Waals surface area (Å²) < 4.78 is 6.93. The standard InChI is InChI=1S/C12H18N4O4/c1-15-4-3-13-10(15)6-14-12(19)16-7-8(20-2)5-9(16)11(17)18/h3-4,8-9H,5-7H2,1-2H3,(H,14,19)(H,17,18). The molecule has 1 aliphatic rings. The van der Waals surface area contributed by atoms with Crippen LogP contribution in [-0.2, 0) is 23.1 Å². The maximum atomic E-state index is 12.1. The number of aromatic nitrogens is 2. The van der Waals surface area contributed by atoms with Crippen LogP contribution < -0.4 is 5.32 Å². The van der Waals surface area contributed by atoms with E-state index in [-0.39, 0.29) is 19.2 Å². The van der Waals surface area contributed by atoms with Crippen LogP contribution in [0.4, 0.5) is 4.79 Å². The third-order valence-electron chi connectivity index (χ3n) is 3.46. The molecule has 0 aromatic carbocycles. The quantitative estimate of drug-likeness (QED) is 0.797. The topological polar surface area (TPSA) is 96.7 Å². The summed E-state index contributed by atoms with van der Waals surface area (Å²) in [4.78, 5) is 28.6. The summed E-state index contributed by atoms with van der Waals surface area (Å²) >= 11 is 0. The van der Waals surface area contributed by atoms with Crippen molar-refractivity contribution in [3.8, 4) is 0 Å². The van der Waals surface area contributed by atoms with E-state index in [1.54, 1.807) is 17.0 Å². The highest BCUT2D eigenvalue weighted by atomic mass is 16.5. The summed E-state index contributed by atoms with van der Waals surface area (Å²) in [5.74, 6) is -0.315. The van der Waals surface area contributed by atoms with Crippen molar-refractivity contribution in [1.29, 1.82) is 0 Å². The van der Waals surface area contributed by atoms with E-state index >= 15 is 0 Å². The van der Waals surface area contributed by atoms with Crippen molar-refractivity contribution in [1.82, 2.24) is 19.8 Å². The molecule has 1 saturated heterocycles. The molecule has 2 unspecified atom stereocenters. The number of hydrogen-bond acceptors (Lipinski definition) is 4. The molecule has 2 rings (SSSR count). The van der Waals surface area contributed by atoms with Gasteiger partial charge in [0.1, 0.15) is 11.9 Å². The van der Waals surface area contributed by atoms with Gasteiger partial charge in [0, 0.05) is 39.5 Å². The molecule has 1 aromatic heterocycles. The van der Waals surface area contributed by atoms with Crippen molar-refractivity contribution in [2.45, 2.75) is 25.1 Å². The van der Waals surface area contributed by atoms with Crippen molar-refractivity contribution >= 4 is 12.0 Å². The number of rotatable bonds is 4. The van der Waals surface area contributed by atoms with Crippen molar-refractivity contribution in [3.63, 3.8) is 0 Å². The number of carbonyl (C=O) groups excluding carboxylic acids is 1. The summed E-state index contributed by atoms with van der Waals surface area (Å²) in [7, 11) is 3.34. The first kappa shape index (κ1) is 14.3. The van der Waals surface area contributed by atoms with Gasteiger partial charge in [-0.15, -0.1) is 0 Å². The summed E-state index contributed by atoms with van der Waals surface area (Å²) in [5, 5.41) is 11.8. The Labute approximate surface area is 116 Å². The minimum atomic E-state index is -1.02. The molecule has 8 nitrogen and oxygen atoms in total. The molecule has 1 aromatic rings. The van der Waals surface area contributed by atoms with Crippen molar-refractivity contribution in [2.75, 3.05) is 13.7 Å². The lowest BCUT2D eigenvalue weighted by Crippen LogP contribution is -2.46. The van der Waals surface area contributed by atoms with Gasteiger partial charge in [-0.2, -0.15) is 0 Å². The van der Waals surface area contributed by atoms with Crippen LogP contribution in [0.5, 0.6) is 0 Å². The number of aliphatic carboxylic acids is 1. The van der Waals surface area contributed by atoms with Gasteiger partial charge >= 0.3 is 12.0 Å². The van der Waals surface area contributed by atoms with Gasteiger partial charge in [-0.25, -0.2) is 14.6 Å². The van der Waals surface area contributed by atoms with Crippen molar-refractivity contribution in [3.05, 3.63) is 18.2 Å². The normalized spacial score (nSPS) is 22.0. The molecule has 2 heterocycles. The predicted molar refractivity (Wildman–Crippen MR) is 69.0 cm³/mol. The zero-order valence-electron chi connectivity index (χ0n) is 11.4. The smallest absolute Gasteiger partial charge is 0.326 e. The van der Waals surface area contributed by atoms with Gasteiger partial charge in [0.25, 0.3) is 0 Å². The summed E-state index contributed by atoms with van der Waals surface area (Å²) in [6.07, 6.45) is 3.48. The number of amides is 2. The monoisotopic (exact) mass is 282 g/mol. The third kappa shape index (κ3) is 2.90. The SMILES string of the molecule is COC1CC(C(=O)O)N(C(=O)NCc2nccn2C)C1. The van der Waals surface area contributed by atoms with E-state index in [0.29, 0.717) is 12.2 Å². The van der Waals surface area contributed by atoms with Crippen LogP contribution in [0.3, 0.4) is 0 Å². The maximum absolute atomic E-state index is 12.1. The number of carbonyl (C=O) groups is 2. The van der Waals surface area contributed by atoms with Gasteiger partial charge in [-0.1, -0.05) is 0 Å². The molecule has 2 N–H and O–H groups in total. The molecular formula is C12H18N4O4. The second-order valence-electron chi connectivity index (χ2n) is 4.71. The number of nitrogens with one attached hydrogen (secondary N) is 1. The van der Waals surface area contributed by atoms with Crippen LogP contribution in [0.1, 0.15) is 12.2 Å². The summed E-state index contributed by atoms with van der Waals surface area (Å²) in [6.45, 7) is 0.530. The van der Waals surface area contributed by atoms with Crippen LogP contribution in [0, 0.1) is 0 Å². The summed E-state index contributed by atoms with van der Waals surface area (Å²) in [5.41, 5.74) is 0. The fourth-order valence-electron chi connectivity index (χ4n) is 2.25. The molecular weight excluding hydrogens is 264 g/mol. The molecule has 0 spiro atoms. The number of carboxylic acids is 1. The van der Waals surface area contributed by atoms with Gasteiger partial charge in [0.15, 0.2) is 0 Å². The molecule has 1 aliphatic heterocycles. The van der Waals surface area contributed by atoms with E-state index in [1.807, 2.05) is 7.05 Å². The number of likely N-dealkylation sites (tertiary alicyclic amines) is 1. The minimum absolute atomic E-state index is 0.241. The molecule has 2 atom stereocenters. The largest absolute Gasteiger partial charge is 0.480 e. The molecule has 2 amide bonds. The second kappa shape index (κ2) is 5.91. The van der Waals surface area contributed by atoms with Crippen LogP contribution in [-0.4, -0.2) is 57.4 Å². The highest BCUT2D eigenvalue weighted by Crippen LogP contribution is 2.20. The van der Waals surface area contributed by atoms with E-state index in [9.17, 15) is 9.59 Å². The molecule has 0 aliphatic carbocycles. The van der Waals surface area contributed by atoms with E-state index in [2.05, 4.69) is 10.3 Å². The van der Waals surface area contributed by atoms with Gasteiger partial charge in [0.2, 0.25) is 0 Å². The first-order chi connectivity index (χ1) is 9.52.